The Morgan fingerprint density at radius 2 is 1.76 bits per heavy atom. The minimum Gasteiger partial charge on any atom is -0.352 e. The highest BCUT2D eigenvalue weighted by atomic mass is 32.1. The molecular weight excluding hydrogens is 464 g/mol. The minimum atomic E-state index is -0.563. The van der Waals surface area contributed by atoms with E-state index in [4.69, 9.17) is 0 Å². The Balaban J connectivity index is 1.34. The lowest BCUT2D eigenvalue weighted by Crippen LogP contribution is -2.45. The third-order valence-electron chi connectivity index (χ3n) is 5.39. The van der Waals surface area contributed by atoms with Crippen molar-refractivity contribution in [3.8, 4) is 0 Å². The number of rotatable bonds is 6. The Morgan fingerprint density at radius 3 is 2.53 bits per heavy atom. The lowest BCUT2D eigenvalue weighted by molar-refractivity contribution is -0.126. The van der Waals surface area contributed by atoms with Gasteiger partial charge in [0.1, 0.15) is 11.6 Å². The number of amides is 3. The molecule has 1 aliphatic rings. The van der Waals surface area contributed by atoms with Crippen molar-refractivity contribution in [2.75, 3.05) is 18.4 Å². The number of likely N-dealkylation sites (tertiary alicyclic amines) is 1. The van der Waals surface area contributed by atoms with Crippen molar-refractivity contribution >= 4 is 34.7 Å². The Morgan fingerprint density at radius 1 is 1.03 bits per heavy atom. The summed E-state index contributed by atoms with van der Waals surface area (Å²) in [6.07, 6.45) is 1.23. The highest BCUT2D eigenvalue weighted by Gasteiger charge is 2.31. The van der Waals surface area contributed by atoms with Crippen molar-refractivity contribution in [3.63, 3.8) is 0 Å². The molecule has 0 aliphatic carbocycles. The number of benzene rings is 2. The van der Waals surface area contributed by atoms with Crippen molar-refractivity contribution < 1.29 is 23.2 Å². The van der Waals surface area contributed by atoms with E-state index in [-0.39, 0.29) is 29.0 Å². The normalized spacial score (nSPS) is 15.6. The molecular formula is C23H21F2N5O3S. The van der Waals surface area contributed by atoms with Crippen LogP contribution in [0.1, 0.15) is 38.0 Å². The van der Waals surface area contributed by atoms with Crippen LogP contribution in [0, 0.1) is 17.6 Å². The molecule has 1 saturated heterocycles. The first-order valence-corrected chi connectivity index (χ1v) is 11.4. The lowest BCUT2D eigenvalue weighted by Gasteiger charge is -2.31. The maximum atomic E-state index is 13.8. The number of carbonyl (C=O) groups is 3. The molecule has 34 heavy (non-hydrogen) atoms. The summed E-state index contributed by atoms with van der Waals surface area (Å²) in [5.41, 5.74) is 0.773. The van der Waals surface area contributed by atoms with Crippen LogP contribution in [0.25, 0.3) is 0 Å². The number of hydrogen-bond donors (Lipinski definition) is 2. The van der Waals surface area contributed by atoms with Gasteiger partial charge in [-0.2, -0.15) is 0 Å². The number of nitrogens with zero attached hydrogens (tertiary/aromatic N) is 3. The van der Waals surface area contributed by atoms with Gasteiger partial charge in [-0.15, -0.1) is 10.2 Å². The largest absolute Gasteiger partial charge is 0.352 e. The first-order chi connectivity index (χ1) is 16.4. The molecule has 8 nitrogen and oxygen atoms in total. The van der Waals surface area contributed by atoms with Gasteiger partial charge in [-0.1, -0.05) is 29.5 Å². The number of anilines is 1. The number of piperidine rings is 1. The SMILES string of the molecule is O=C(Nc1ccc(F)cc1)c1nnc(C(=O)N2CCCC(C(=O)NCc3ccccc3F)C2)s1. The third-order valence-corrected chi connectivity index (χ3v) is 6.30. The minimum absolute atomic E-state index is 0.0103. The van der Waals surface area contributed by atoms with Crippen molar-refractivity contribution in [2.24, 2.45) is 5.92 Å². The van der Waals surface area contributed by atoms with Gasteiger partial charge < -0.3 is 15.5 Å². The second-order valence-corrected chi connectivity index (χ2v) is 8.75. The molecule has 1 fully saturated rings. The summed E-state index contributed by atoms with van der Waals surface area (Å²) in [6, 6.07) is 11.5. The van der Waals surface area contributed by atoms with Crippen molar-refractivity contribution in [3.05, 3.63) is 75.7 Å². The van der Waals surface area contributed by atoms with Crippen LogP contribution < -0.4 is 10.6 Å². The standard InChI is InChI=1S/C23H21F2N5O3S/c24-16-7-9-17(10-8-16)27-20(32)21-28-29-22(34-21)23(33)30-11-3-5-15(13-30)19(31)26-12-14-4-1-2-6-18(14)25/h1-2,4,6-10,15H,3,5,11-13H2,(H,26,31)(H,27,32). The molecule has 0 bridgehead atoms. The van der Waals surface area contributed by atoms with Crippen LogP contribution in [-0.4, -0.2) is 45.9 Å². The zero-order valence-electron chi connectivity index (χ0n) is 18.0. The Kier molecular flexibility index (Phi) is 7.21. The molecule has 1 atom stereocenters. The van der Waals surface area contributed by atoms with Crippen LogP contribution in [0.5, 0.6) is 0 Å². The molecule has 11 heteroatoms. The molecule has 1 aromatic heterocycles. The van der Waals surface area contributed by atoms with Gasteiger partial charge in [0.05, 0.1) is 5.92 Å². The molecule has 3 aromatic rings. The Bertz CT molecular complexity index is 1200. The number of nitrogens with one attached hydrogen (secondary N) is 2. The summed E-state index contributed by atoms with van der Waals surface area (Å²) in [4.78, 5) is 39.4. The monoisotopic (exact) mass is 485 g/mol. The molecule has 4 rings (SSSR count). The van der Waals surface area contributed by atoms with E-state index in [1.165, 1.54) is 35.2 Å². The van der Waals surface area contributed by atoms with Gasteiger partial charge in [0.25, 0.3) is 11.8 Å². The molecule has 2 N–H and O–H groups in total. The second-order valence-electron chi connectivity index (χ2n) is 7.77. The number of halogens is 2. The van der Waals surface area contributed by atoms with Crippen molar-refractivity contribution in [2.45, 2.75) is 19.4 Å². The fourth-order valence-corrected chi connectivity index (χ4v) is 4.31. The van der Waals surface area contributed by atoms with Crippen LogP contribution >= 0.6 is 11.3 Å². The van der Waals surface area contributed by atoms with Gasteiger partial charge in [0.2, 0.25) is 15.9 Å². The number of aromatic nitrogens is 2. The summed E-state index contributed by atoms with van der Waals surface area (Å²) in [5, 5.41) is 13.0. The fourth-order valence-electron chi connectivity index (χ4n) is 3.60. The van der Waals surface area contributed by atoms with E-state index in [2.05, 4.69) is 20.8 Å². The number of carbonyl (C=O) groups excluding carboxylic acids is 3. The predicted molar refractivity (Wildman–Crippen MR) is 121 cm³/mol. The molecule has 3 amide bonds. The average molecular weight is 486 g/mol. The van der Waals surface area contributed by atoms with Crippen LogP contribution in [0.15, 0.2) is 48.5 Å². The molecule has 0 spiro atoms. The van der Waals surface area contributed by atoms with E-state index in [0.717, 1.165) is 11.3 Å². The van der Waals surface area contributed by atoms with Gasteiger partial charge >= 0.3 is 0 Å². The first kappa shape index (κ1) is 23.4. The van der Waals surface area contributed by atoms with E-state index < -0.39 is 29.4 Å². The van der Waals surface area contributed by atoms with Crippen LogP contribution in [-0.2, 0) is 11.3 Å². The van der Waals surface area contributed by atoms with Gasteiger partial charge in [0, 0.05) is 30.9 Å². The highest BCUT2D eigenvalue weighted by Crippen LogP contribution is 2.21. The lowest BCUT2D eigenvalue weighted by atomic mass is 9.97. The van der Waals surface area contributed by atoms with Gasteiger partial charge in [-0.3, -0.25) is 14.4 Å². The quantitative estimate of drug-likeness (QED) is 0.558. The summed E-state index contributed by atoms with van der Waals surface area (Å²) in [5.74, 6) is -2.48. The maximum Gasteiger partial charge on any atom is 0.286 e. The molecule has 0 saturated carbocycles. The van der Waals surface area contributed by atoms with E-state index in [9.17, 15) is 23.2 Å². The molecule has 2 heterocycles. The number of hydrogen-bond acceptors (Lipinski definition) is 6. The molecule has 1 unspecified atom stereocenters. The first-order valence-electron chi connectivity index (χ1n) is 10.6. The molecule has 2 aromatic carbocycles. The van der Waals surface area contributed by atoms with Gasteiger partial charge in [-0.25, -0.2) is 8.78 Å². The van der Waals surface area contributed by atoms with E-state index in [1.807, 2.05) is 0 Å². The average Bonchev–Trinajstić information content (AvgIpc) is 3.35. The smallest absolute Gasteiger partial charge is 0.286 e. The van der Waals surface area contributed by atoms with E-state index in [1.54, 1.807) is 18.2 Å². The molecule has 176 valence electrons. The van der Waals surface area contributed by atoms with Crippen molar-refractivity contribution in [1.29, 1.82) is 0 Å². The van der Waals surface area contributed by atoms with E-state index in [0.29, 0.717) is 30.6 Å². The summed E-state index contributed by atoms with van der Waals surface area (Å²) in [6.45, 7) is 0.712. The van der Waals surface area contributed by atoms with Crippen molar-refractivity contribution in [1.82, 2.24) is 20.4 Å². The van der Waals surface area contributed by atoms with Gasteiger partial charge in [0.15, 0.2) is 0 Å². The Hall–Kier alpha value is -3.73. The maximum absolute atomic E-state index is 13.8. The van der Waals surface area contributed by atoms with Crippen LogP contribution in [0.4, 0.5) is 14.5 Å². The fraction of sp³-hybridized carbons (Fsp3) is 0.261. The zero-order chi connectivity index (χ0) is 24.1. The summed E-state index contributed by atoms with van der Waals surface area (Å²) >= 11 is 0.842. The summed E-state index contributed by atoms with van der Waals surface area (Å²) < 4.78 is 26.8. The zero-order valence-corrected chi connectivity index (χ0v) is 18.8. The molecule has 1 aliphatic heterocycles. The van der Waals surface area contributed by atoms with Gasteiger partial charge in [-0.05, 0) is 43.2 Å². The second kappa shape index (κ2) is 10.5. The van der Waals surface area contributed by atoms with E-state index >= 15 is 0 Å². The van der Waals surface area contributed by atoms with Crippen LogP contribution in [0.2, 0.25) is 0 Å². The van der Waals surface area contributed by atoms with Crippen LogP contribution in [0.3, 0.4) is 0 Å². The summed E-state index contributed by atoms with van der Waals surface area (Å²) in [7, 11) is 0. The highest BCUT2D eigenvalue weighted by molar-refractivity contribution is 7.15. The predicted octanol–water partition coefficient (Wildman–Crippen LogP) is 3.24. The topological polar surface area (TPSA) is 104 Å². The Labute approximate surface area is 198 Å². The molecule has 0 radical (unpaired) electrons. The third kappa shape index (κ3) is 5.60.